The SMILES string of the molecule is Cc1cc(C(=O)COC(=O)CN2C(=O)NC3(CC(C)CC(C)(C)C3)C2=O)c(C)n1CCC(C)C. The highest BCUT2D eigenvalue weighted by molar-refractivity contribution is 6.09. The van der Waals surface area contributed by atoms with Crippen molar-refractivity contribution in [2.24, 2.45) is 17.3 Å². The molecule has 34 heavy (non-hydrogen) atoms. The van der Waals surface area contributed by atoms with Crippen LogP contribution in [0.25, 0.3) is 0 Å². The largest absolute Gasteiger partial charge is 0.456 e. The zero-order valence-corrected chi connectivity index (χ0v) is 21.6. The molecule has 1 saturated heterocycles. The number of nitrogens with one attached hydrogen (secondary N) is 1. The zero-order chi connectivity index (χ0) is 25.4. The Morgan fingerprint density at radius 1 is 1.21 bits per heavy atom. The number of ketones is 1. The Morgan fingerprint density at radius 3 is 2.50 bits per heavy atom. The minimum atomic E-state index is -0.970. The van der Waals surface area contributed by atoms with E-state index in [4.69, 9.17) is 4.74 Å². The number of urea groups is 1. The maximum absolute atomic E-state index is 13.2. The maximum Gasteiger partial charge on any atom is 0.326 e. The minimum Gasteiger partial charge on any atom is -0.456 e. The molecular weight excluding hydrogens is 434 g/mol. The summed E-state index contributed by atoms with van der Waals surface area (Å²) in [5, 5.41) is 2.85. The average molecular weight is 474 g/mol. The van der Waals surface area contributed by atoms with E-state index >= 15 is 0 Å². The summed E-state index contributed by atoms with van der Waals surface area (Å²) in [5.41, 5.74) is 1.31. The Balaban J connectivity index is 1.60. The number of nitrogens with zero attached hydrogens (tertiary/aromatic N) is 2. The Bertz CT molecular complexity index is 993. The number of esters is 1. The van der Waals surface area contributed by atoms with Crippen LogP contribution in [-0.4, -0.2) is 51.8 Å². The van der Waals surface area contributed by atoms with Crippen molar-refractivity contribution in [1.82, 2.24) is 14.8 Å². The van der Waals surface area contributed by atoms with Crippen LogP contribution in [0, 0.1) is 31.1 Å². The van der Waals surface area contributed by atoms with Gasteiger partial charge in [0, 0.05) is 23.5 Å². The van der Waals surface area contributed by atoms with Gasteiger partial charge in [0.15, 0.2) is 6.61 Å². The molecule has 2 unspecified atom stereocenters. The van der Waals surface area contributed by atoms with E-state index < -0.39 is 30.7 Å². The summed E-state index contributed by atoms with van der Waals surface area (Å²) >= 11 is 0. The van der Waals surface area contributed by atoms with E-state index in [0.29, 0.717) is 24.3 Å². The number of carbonyl (C=O) groups excluding carboxylic acids is 4. The van der Waals surface area contributed by atoms with Crippen LogP contribution in [0.2, 0.25) is 0 Å². The van der Waals surface area contributed by atoms with E-state index in [1.54, 1.807) is 0 Å². The molecule has 1 saturated carbocycles. The first-order valence-corrected chi connectivity index (χ1v) is 12.2. The van der Waals surface area contributed by atoms with Gasteiger partial charge in [-0.15, -0.1) is 0 Å². The predicted molar refractivity (Wildman–Crippen MR) is 128 cm³/mol. The quantitative estimate of drug-likeness (QED) is 0.349. The van der Waals surface area contributed by atoms with Crippen molar-refractivity contribution in [3.05, 3.63) is 23.0 Å². The third-order valence-corrected chi connectivity index (χ3v) is 7.08. The Labute approximate surface area is 202 Å². The molecule has 8 nitrogen and oxygen atoms in total. The normalized spacial score (nSPS) is 24.1. The molecule has 2 atom stereocenters. The molecule has 2 fully saturated rings. The molecule has 1 N–H and O–H groups in total. The maximum atomic E-state index is 13.2. The molecule has 1 aliphatic carbocycles. The molecule has 0 radical (unpaired) electrons. The minimum absolute atomic E-state index is 0.0922. The van der Waals surface area contributed by atoms with Crippen molar-refractivity contribution in [2.75, 3.05) is 13.2 Å². The lowest BCUT2D eigenvalue weighted by Crippen LogP contribution is -2.54. The lowest BCUT2D eigenvalue weighted by Gasteiger charge is -2.43. The van der Waals surface area contributed by atoms with Crippen LogP contribution in [0.5, 0.6) is 0 Å². The Kier molecular flexibility index (Phi) is 7.29. The number of imide groups is 1. The van der Waals surface area contributed by atoms with Crippen LogP contribution < -0.4 is 5.32 Å². The fourth-order valence-corrected chi connectivity index (χ4v) is 5.86. The number of aryl methyl sites for hydroxylation is 1. The molecule has 188 valence electrons. The molecule has 0 bridgehead atoms. The standard InChI is InChI=1S/C26H39N3O5/c1-16(2)8-9-28-18(4)10-20(19(28)5)21(30)14-34-22(31)13-29-23(32)26(27-24(29)33)12-17(3)11-25(6,7)15-26/h10,16-17H,8-9,11-15H2,1-7H3,(H,27,33). The second-order valence-corrected chi connectivity index (χ2v) is 11.5. The Hall–Kier alpha value is -2.64. The van der Waals surface area contributed by atoms with Gasteiger partial charge in [0.2, 0.25) is 5.78 Å². The molecule has 8 heteroatoms. The van der Waals surface area contributed by atoms with Gasteiger partial charge in [0.25, 0.3) is 5.91 Å². The van der Waals surface area contributed by atoms with Gasteiger partial charge < -0.3 is 14.6 Å². The zero-order valence-electron chi connectivity index (χ0n) is 21.6. The number of hydrogen-bond acceptors (Lipinski definition) is 5. The summed E-state index contributed by atoms with van der Waals surface area (Å²) in [6.07, 6.45) is 3.06. The van der Waals surface area contributed by atoms with Crippen molar-refractivity contribution in [2.45, 2.75) is 86.2 Å². The van der Waals surface area contributed by atoms with Crippen LogP contribution in [0.1, 0.15) is 82.0 Å². The molecule has 1 aromatic rings. The smallest absolute Gasteiger partial charge is 0.326 e. The van der Waals surface area contributed by atoms with Gasteiger partial charge in [0.1, 0.15) is 12.1 Å². The molecule has 3 amide bonds. The second-order valence-electron chi connectivity index (χ2n) is 11.5. The molecule has 2 aliphatic rings. The second kappa shape index (κ2) is 9.55. The van der Waals surface area contributed by atoms with Gasteiger partial charge in [-0.25, -0.2) is 4.79 Å². The first kappa shape index (κ1) is 26.0. The van der Waals surface area contributed by atoms with Crippen LogP contribution in [0.3, 0.4) is 0 Å². The summed E-state index contributed by atoms with van der Waals surface area (Å²) in [6, 6.07) is 1.24. The number of Topliss-reactive ketones (excluding diaryl/α,β-unsaturated/α-hetero) is 1. The van der Waals surface area contributed by atoms with E-state index in [1.807, 2.05) is 19.9 Å². The van der Waals surface area contributed by atoms with Crippen LogP contribution in [0.4, 0.5) is 4.79 Å². The molecule has 1 aliphatic heterocycles. The van der Waals surface area contributed by atoms with Gasteiger partial charge in [-0.1, -0.05) is 34.6 Å². The van der Waals surface area contributed by atoms with E-state index in [2.05, 4.69) is 44.5 Å². The molecule has 1 spiro atoms. The van der Waals surface area contributed by atoms with E-state index in [9.17, 15) is 19.2 Å². The highest BCUT2D eigenvalue weighted by Gasteiger charge is 2.56. The fourth-order valence-electron chi connectivity index (χ4n) is 5.86. The van der Waals surface area contributed by atoms with Gasteiger partial charge in [-0.05, 0) is 62.8 Å². The van der Waals surface area contributed by atoms with Crippen molar-refractivity contribution in [1.29, 1.82) is 0 Å². The molecule has 2 heterocycles. The van der Waals surface area contributed by atoms with Gasteiger partial charge >= 0.3 is 12.0 Å². The van der Waals surface area contributed by atoms with Crippen molar-refractivity contribution in [3.8, 4) is 0 Å². The van der Waals surface area contributed by atoms with Crippen molar-refractivity contribution in [3.63, 3.8) is 0 Å². The molecule has 3 rings (SSSR count). The van der Waals surface area contributed by atoms with E-state index in [1.165, 1.54) is 0 Å². The lowest BCUT2D eigenvalue weighted by atomic mass is 9.64. The summed E-state index contributed by atoms with van der Waals surface area (Å²) < 4.78 is 7.29. The Morgan fingerprint density at radius 2 is 1.88 bits per heavy atom. The third-order valence-electron chi connectivity index (χ3n) is 7.08. The first-order chi connectivity index (χ1) is 15.7. The van der Waals surface area contributed by atoms with Gasteiger partial charge in [0.05, 0.1) is 0 Å². The summed E-state index contributed by atoms with van der Waals surface area (Å²) in [7, 11) is 0. The van der Waals surface area contributed by atoms with Gasteiger partial charge in [-0.3, -0.25) is 19.3 Å². The summed E-state index contributed by atoms with van der Waals surface area (Å²) in [5.74, 6) is -0.626. The van der Waals surface area contributed by atoms with E-state index in [0.717, 1.165) is 35.7 Å². The van der Waals surface area contributed by atoms with Crippen molar-refractivity contribution < 1.29 is 23.9 Å². The molecule has 0 aromatic carbocycles. The fraction of sp³-hybridized carbons (Fsp3) is 0.692. The van der Waals surface area contributed by atoms with E-state index in [-0.39, 0.29) is 23.0 Å². The molecular formula is C26H39N3O5. The number of carbonyl (C=O) groups is 4. The van der Waals surface area contributed by atoms with Crippen LogP contribution in [-0.2, 0) is 20.9 Å². The number of ether oxygens (including phenoxy) is 1. The van der Waals surface area contributed by atoms with Crippen LogP contribution in [0.15, 0.2) is 6.07 Å². The highest BCUT2D eigenvalue weighted by Crippen LogP contribution is 2.46. The highest BCUT2D eigenvalue weighted by atomic mass is 16.5. The molecule has 1 aromatic heterocycles. The predicted octanol–water partition coefficient (Wildman–Crippen LogP) is 4.01. The number of aromatic nitrogens is 1. The topological polar surface area (TPSA) is 97.7 Å². The number of hydrogen-bond donors (Lipinski definition) is 1. The van der Waals surface area contributed by atoms with Gasteiger partial charge in [-0.2, -0.15) is 0 Å². The lowest BCUT2D eigenvalue weighted by molar-refractivity contribution is -0.147. The first-order valence-electron chi connectivity index (χ1n) is 12.2. The number of amides is 3. The summed E-state index contributed by atoms with van der Waals surface area (Å²) in [6.45, 7) is 14.3. The van der Waals surface area contributed by atoms with Crippen molar-refractivity contribution >= 4 is 23.7 Å². The monoisotopic (exact) mass is 473 g/mol. The van der Waals surface area contributed by atoms with Crippen LogP contribution >= 0.6 is 0 Å². The summed E-state index contributed by atoms with van der Waals surface area (Å²) in [4.78, 5) is 51.9. The number of rotatable bonds is 8. The third kappa shape index (κ3) is 5.36. The average Bonchev–Trinajstić information content (AvgIpc) is 3.10.